The molecule has 0 spiro atoms. The van der Waals surface area contributed by atoms with E-state index in [1.165, 1.54) is 28.6 Å². The van der Waals surface area contributed by atoms with Crippen molar-refractivity contribution in [2.45, 2.75) is 36.8 Å². The van der Waals surface area contributed by atoms with Crippen molar-refractivity contribution >= 4 is 15.9 Å². The van der Waals surface area contributed by atoms with Crippen LogP contribution in [-0.2, 0) is 22.6 Å². The molecule has 0 saturated carbocycles. The van der Waals surface area contributed by atoms with Gasteiger partial charge in [0.2, 0.25) is 10.0 Å². The lowest BCUT2D eigenvalue weighted by Gasteiger charge is -2.25. The Morgan fingerprint density at radius 2 is 1.60 bits per heavy atom. The van der Waals surface area contributed by atoms with Crippen LogP contribution in [-0.4, -0.2) is 38.3 Å². The van der Waals surface area contributed by atoms with E-state index in [2.05, 4.69) is 5.32 Å². The molecule has 0 bridgehead atoms. The Balaban J connectivity index is 1.59. The first-order valence-electron chi connectivity index (χ1n) is 9.73. The minimum Gasteiger partial charge on any atom is -0.352 e. The van der Waals surface area contributed by atoms with E-state index in [9.17, 15) is 26.4 Å². The average molecular weight is 440 g/mol. The number of carbonyl (C=O) groups excluding carboxylic acids is 1. The molecule has 1 heterocycles. The first-order valence-corrected chi connectivity index (χ1v) is 11.2. The van der Waals surface area contributed by atoms with E-state index in [1.54, 1.807) is 12.1 Å². The Morgan fingerprint density at radius 3 is 2.23 bits per heavy atom. The summed E-state index contributed by atoms with van der Waals surface area (Å²) in [5.74, 6) is -0.799. The highest BCUT2D eigenvalue weighted by molar-refractivity contribution is 7.89. The van der Waals surface area contributed by atoms with Gasteiger partial charge in [-0.05, 0) is 49.1 Å². The first kappa shape index (κ1) is 22.3. The summed E-state index contributed by atoms with van der Waals surface area (Å²) in [5.41, 5.74) is -0.625. The second-order valence-corrected chi connectivity index (χ2v) is 9.10. The van der Waals surface area contributed by atoms with E-state index < -0.39 is 33.2 Å². The fourth-order valence-corrected chi connectivity index (χ4v) is 4.94. The van der Waals surface area contributed by atoms with E-state index >= 15 is 0 Å². The van der Waals surface area contributed by atoms with Crippen LogP contribution in [0.15, 0.2) is 53.4 Å². The molecule has 2 aromatic rings. The standard InChI is InChI=1S/C21H23F3N2O3S/c22-21(23,24)19-7-3-2-6-18(19)20(27)25-13-12-16-8-10-17(11-9-16)30(28,29)26-14-4-1-5-15-26/h2-3,6-11H,1,4-5,12-15H2,(H,25,27). The maximum absolute atomic E-state index is 13.0. The number of carbonyl (C=O) groups is 1. The number of halogens is 3. The molecule has 0 atom stereocenters. The van der Waals surface area contributed by atoms with Crippen molar-refractivity contribution in [1.82, 2.24) is 9.62 Å². The van der Waals surface area contributed by atoms with Gasteiger partial charge in [0.1, 0.15) is 0 Å². The zero-order chi connectivity index (χ0) is 21.8. The predicted molar refractivity (Wildman–Crippen MR) is 107 cm³/mol. The van der Waals surface area contributed by atoms with Crippen LogP contribution in [0.1, 0.15) is 40.7 Å². The van der Waals surface area contributed by atoms with Gasteiger partial charge in [-0.2, -0.15) is 17.5 Å². The maximum Gasteiger partial charge on any atom is 0.417 e. The van der Waals surface area contributed by atoms with Crippen LogP contribution >= 0.6 is 0 Å². The zero-order valence-corrected chi connectivity index (χ0v) is 17.1. The molecule has 1 aliphatic heterocycles. The number of alkyl halides is 3. The average Bonchev–Trinajstić information content (AvgIpc) is 2.74. The third-order valence-corrected chi connectivity index (χ3v) is 6.97. The number of benzene rings is 2. The van der Waals surface area contributed by atoms with Crippen LogP contribution < -0.4 is 5.32 Å². The van der Waals surface area contributed by atoms with Gasteiger partial charge in [-0.15, -0.1) is 0 Å². The molecule has 1 saturated heterocycles. The summed E-state index contributed by atoms with van der Waals surface area (Å²) in [6.07, 6.45) is -1.50. The smallest absolute Gasteiger partial charge is 0.352 e. The molecule has 0 unspecified atom stereocenters. The first-order chi connectivity index (χ1) is 14.2. The Morgan fingerprint density at radius 1 is 0.967 bits per heavy atom. The summed E-state index contributed by atoms with van der Waals surface area (Å²) in [6, 6.07) is 11.0. The van der Waals surface area contributed by atoms with Gasteiger partial charge in [-0.25, -0.2) is 8.42 Å². The SMILES string of the molecule is O=C(NCCc1ccc(S(=O)(=O)N2CCCCC2)cc1)c1ccccc1C(F)(F)F. The van der Waals surface area contributed by atoms with Crippen LogP contribution in [0.2, 0.25) is 0 Å². The summed E-state index contributed by atoms with van der Waals surface area (Å²) in [4.78, 5) is 12.4. The molecule has 0 aromatic heterocycles. The van der Waals surface area contributed by atoms with Gasteiger partial charge in [0, 0.05) is 19.6 Å². The Bertz CT molecular complexity index is 983. The predicted octanol–water partition coefficient (Wildman–Crippen LogP) is 3.85. The molecule has 162 valence electrons. The molecule has 5 nitrogen and oxygen atoms in total. The summed E-state index contributed by atoms with van der Waals surface area (Å²) in [7, 11) is -3.51. The number of hydrogen-bond acceptors (Lipinski definition) is 3. The van der Waals surface area contributed by atoms with Crippen molar-refractivity contribution in [1.29, 1.82) is 0 Å². The lowest BCUT2D eigenvalue weighted by atomic mass is 10.1. The highest BCUT2D eigenvalue weighted by Crippen LogP contribution is 2.31. The van der Waals surface area contributed by atoms with Crippen LogP contribution in [0.4, 0.5) is 13.2 Å². The normalized spacial score (nSPS) is 15.7. The molecular formula is C21H23F3N2O3S. The Labute approximate surface area is 173 Å². The molecule has 9 heteroatoms. The number of sulfonamides is 1. The number of amides is 1. The Kier molecular flexibility index (Phi) is 6.82. The van der Waals surface area contributed by atoms with Gasteiger partial charge in [-0.3, -0.25) is 4.79 Å². The monoisotopic (exact) mass is 440 g/mol. The summed E-state index contributed by atoms with van der Waals surface area (Å²) in [6.45, 7) is 1.17. The molecular weight excluding hydrogens is 417 g/mol. The van der Waals surface area contributed by atoms with E-state index in [4.69, 9.17) is 0 Å². The molecule has 1 aliphatic rings. The van der Waals surface area contributed by atoms with Crippen molar-refractivity contribution in [2.75, 3.05) is 19.6 Å². The maximum atomic E-state index is 13.0. The third kappa shape index (κ3) is 5.20. The number of hydrogen-bond donors (Lipinski definition) is 1. The largest absolute Gasteiger partial charge is 0.417 e. The number of nitrogens with zero attached hydrogens (tertiary/aromatic N) is 1. The van der Waals surface area contributed by atoms with Gasteiger partial charge >= 0.3 is 6.18 Å². The van der Waals surface area contributed by atoms with Gasteiger partial charge in [-0.1, -0.05) is 30.7 Å². The fourth-order valence-electron chi connectivity index (χ4n) is 3.43. The number of piperidine rings is 1. The molecule has 1 amide bonds. The lowest BCUT2D eigenvalue weighted by molar-refractivity contribution is -0.137. The van der Waals surface area contributed by atoms with Crippen molar-refractivity contribution in [3.05, 3.63) is 65.2 Å². The van der Waals surface area contributed by atoms with E-state index in [1.807, 2.05) is 0 Å². The third-order valence-electron chi connectivity index (χ3n) is 5.05. The van der Waals surface area contributed by atoms with Gasteiger partial charge in [0.25, 0.3) is 5.91 Å². The highest BCUT2D eigenvalue weighted by Gasteiger charge is 2.34. The van der Waals surface area contributed by atoms with Crippen molar-refractivity contribution in [3.8, 4) is 0 Å². The van der Waals surface area contributed by atoms with Crippen LogP contribution in [0.5, 0.6) is 0 Å². The van der Waals surface area contributed by atoms with Crippen molar-refractivity contribution < 1.29 is 26.4 Å². The minimum absolute atomic E-state index is 0.128. The van der Waals surface area contributed by atoms with Crippen molar-refractivity contribution in [3.63, 3.8) is 0 Å². The molecule has 1 N–H and O–H groups in total. The van der Waals surface area contributed by atoms with E-state index in [-0.39, 0.29) is 11.4 Å². The molecule has 30 heavy (non-hydrogen) atoms. The fraction of sp³-hybridized carbons (Fsp3) is 0.381. The molecule has 0 radical (unpaired) electrons. The highest BCUT2D eigenvalue weighted by atomic mass is 32.2. The molecule has 2 aromatic carbocycles. The summed E-state index contributed by atoms with van der Waals surface area (Å²) < 4.78 is 65.9. The number of nitrogens with one attached hydrogen (secondary N) is 1. The number of rotatable bonds is 6. The molecule has 3 rings (SSSR count). The zero-order valence-electron chi connectivity index (χ0n) is 16.3. The second kappa shape index (κ2) is 9.18. The topological polar surface area (TPSA) is 66.5 Å². The van der Waals surface area contributed by atoms with E-state index in [0.29, 0.717) is 19.5 Å². The van der Waals surface area contributed by atoms with Gasteiger partial charge in [0.05, 0.1) is 16.0 Å². The molecule has 0 aliphatic carbocycles. The quantitative estimate of drug-likeness (QED) is 0.742. The summed E-state index contributed by atoms with van der Waals surface area (Å²) >= 11 is 0. The Hall–Kier alpha value is -2.39. The van der Waals surface area contributed by atoms with Crippen LogP contribution in [0.3, 0.4) is 0 Å². The minimum atomic E-state index is -4.61. The summed E-state index contributed by atoms with van der Waals surface area (Å²) in [5, 5.41) is 2.49. The van der Waals surface area contributed by atoms with Gasteiger partial charge in [0.15, 0.2) is 0 Å². The van der Waals surface area contributed by atoms with E-state index in [0.717, 1.165) is 37.0 Å². The van der Waals surface area contributed by atoms with Gasteiger partial charge < -0.3 is 5.32 Å². The van der Waals surface area contributed by atoms with Crippen molar-refractivity contribution in [2.24, 2.45) is 0 Å². The lowest BCUT2D eigenvalue weighted by Crippen LogP contribution is -2.35. The second-order valence-electron chi connectivity index (χ2n) is 7.16. The van der Waals surface area contributed by atoms with Crippen LogP contribution in [0.25, 0.3) is 0 Å². The van der Waals surface area contributed by atoms with Crippen LogP contribution in [0, 0.1) is 0 Å². The molecule has 1 fully saturated rings.